The van der Waals surface area contributed by atoms with Gasteiger partial charge < -0.3 is 9.64 Å². The van der Waals surface area contributed by atoms with Crippen molar-refractivity contribution >= 4 is 0 Å². The highest BCUT2D eigenvalue weighted by molar-refractivity contribution is 4.99. The maximum absolute atomic E-state index is 5.39. The summed E-state index contributed by atoms with van der Waals surface area (Å²) in [7, 11) is 2.16. The molecular formula is C7H13NO. The fourth-order valence-corrected chi connectivity index (χ4v) is 1.87. The van der Waals surface area contributed by atoms with Crippen LogP contribution < -0.4 is 0 Å². The molecule has 2 aliphatic heterocycles. The van der Waals surface area contributed by atoms with Crippen molar-refractivity contribution in [2.24, 2.45) is 5.41 Å². The molecule has 2 rings (SSSR count). The van der Waals surface area contributed by atoms with E-state index in [0.717, 1.165) is 13.2 Å². The van der Waals surface area contributed by atoms with Crippen molar-refractivity contribution in [3.63, 3.8) is 0 Å². The lowest BCUT2D eigenvalue weighted by Crippen LogP contribution is -2.48. The van der Waals surface area contributed by atoms with Gasteiger partial charge in [-0.1, -0.05) is 6.92 Å². The minimum atomic E-state index is 0.509. The zero-order chi connectivity index (χ0) is 6.48. The van der Waals surface area contributed by atoms with E-state index in [-0.39, 0.29) is 0 Å². The van der Waals surface area contributed by atoms with Crippen molar-refractivity contribution in [3.05, 3.63) is 0 Å². The highest BCUT2D eigenvalue weighted by Gasteiger charge is 2.49. The Morgan fingerprint density at radius 3 is 2.67 bits per heavy atom. The standard InChI is InChI=1S/C7H13NO/c1-7-4-8(2)3-6(7)9-5-7/h6H,3-5H2,1-2H3/t6-,7-/m0/s1. The number of ether oxygens (including phenoxy) is 1. The van der Waals surface area contributed by atoms with Gasteiger partial charge in [-0.2, -0.15) is 0 Å². The quantitative estimate of drug-likeness (QED) is 0.465. The van der Waals surface area contributed by atoms with E-state index in [1.165, 1.54) is 6.54 Å². The largest absolute Gasteiger partial charge is 0.375 e. The molecule has 52 valence electrons. The molecule has 0 saturated carbocycles. The van der Waals surface area contributed by atoms with Gasteiger partial charge in [-0.25, -0.2) is 0 Å². The van der Waals surface area contributed by atoms with Crippen LogP contribution in [-0.2, 0) is 4.74 Å². The number of hydrogen-bond acceptors (Lipinski definition) is 2. The molecule has 0 aromatic carbocycles. The van der Waals surface area contributed by atoms with E-state index in [4.69, 9.17) is 4.74 Å². The third kappa shape index (κ3) is 0.634. The van der Waals surface area contributed by atoms with Crippen LogP contribution in [0.2, 0.25) is 0 Å². The second kappa shape index (κ2) is 1.50. The van der Waals surface area contributed by atoms with E-state index < -0.39 is 0 Å². The summed E-state index contributed by atoms with van der Waals surface area (Å²) in [6.07, 6.45) is 0.544. The van der Waals surface area contributed by atoms with Gasteiger partial charge in [0.25, 0.3) is 0 Å². The number of rotatable bonds is 0. The van der Waals surface area contributed by atoms with Gasteiger partial charge in [0.15, 0.2) is 0 Å². The fraction of sp³-hybridized carbons (Fsp3) is 1.00. The maximum Gasteiger partial charge on any atom is 0.0789 e. The Morgan fingerprint density at radius 2 is 2.44 bits per heavy atom. The zero-order valence-electron chi connectivity index (χ0n) is 6.05. The lowest BCUT2D eigenvalue weighted by Gasteiger charge is -2.40. The van der Waals surface area contributed by atoms with Crippen LogP contribution in [0, 0.1) is 5.41 Å². The summed E-state index contributed by atoms with van der Waals surface area (Å²) in [6.45, 7) is 5.64. The van der Waals surface area contributed by atoms with Gasteiger partial charge in [0, 0.05) is 18.5 Å². The van der Waals surface area contributed by atoms with E-state index in [0.29, 0.717) is 11.5 Å². The molecule has 9 heavy (non-hydrogen) atoms. The molecule has 0 aromatic heterocycles. The smallest absolute Gasteiger partial charge is 0.0789 e. The summed E-state index contributed by atoms with van der Waals surface area (Å²) in [5.41, 5.74) is 0.509. The molecular weight excluding hydrogens is 114 g/mol. The highest BCUT2D eigenvalue weighted by Crippen LogP contribution is 2.39. The van der Waals surface area contributed by atoms with Gasteiger partial charge in [0.1, 0.15) is 0 Å². The molecule has 0 spiro atoms. The number of likely N-dealkylation sites (tertiary alicyclic amines) is 1. The Kier molecular flexibility index (Phi) is 0.945. The third-order valence-electron chi connectivity index (χ3n) is 2.50. The first-order valence-electron chi connectivity index (χ1n) is 3.51. The first-order valence-corrected chi connectivity index (χ1v) is 3.51. The van der Waals surface area contributed by atoms with Crippen molar-refractivity contribution in [1.82, 2.24) is 4.90 Å². The lowest BCUT2D eigenvalue weighted by molar-refractivity contribution is -0.144. The Hall–Kier alpha value is -0.0800. The van der Waals surface area contributed by atoms with Gasteiger partial charge in [-0.15, -0.1) is 0 Å². The molecule has 0 N–H and O–H groups in total. The van der Waals surface area contributed by atoms with Crippen molar-refractivity contribution in [2.45, 2.75) is 13.0 Å². The molecule has 2 atom stereocenters. The summed E-state index contributed by atoms with van der Waals surface area (Å²) in [5.74, 6) is 0. The number of fused-ring (bicyclic) bond motifs is 1. The average Bonchev–Trinajstić information content (AvgIpc) is 1.94. The Morgan fingerprint density at radius 1 is 1.67 bits per heavy atom. The molecule has 2 heteroatoms. The molecule has 0 amide bonds. The molecule has 0 radical (unpaired) electrons. The average molecular weight is 127 g/mol. The van der Waals surface area contributed by atoms with Gasteiger partial charge in [-0.3, -0.25) is 0 Å². The summed E-state index contributed by atoms with van der Waals surface area (Å²) in [5, 5.41) is 0. The van der Waals surface area contributed by atoms with Crippen LogP contribution in [0.25, 0.3) is 0 Å². The molecule has 0 unspecified atom stereocenters. The molecule has 0 aromatic rings. The Labute approximate surface area is 55.8 Å². The molecule has 2 aliphatic rings. The van der Waals surface area contributed by atoms with Crippen LogP contribution in [0.5, 0.6) is 0 Å². The van der Waals surface area contributed by atoms with E-state index in [1.807, 2.05) is 0 Å². The first-order chi connectivity index (χ1) is 4.21. The fourth-order valence-electron chi connectivity index (χ4n) is 1.87. The summed E-state index contributed by atoms with van der Waals surface area (Å²) in [6, 6.07) is 0. The topological polar surface area (TPSA) is 12.5 Å². The van der Waals surface area contributed by atoms with Crippen LogP contribution in [0.3, 0.4) is 0 Å². The molecule has 2 fully saturated rings. The van der Waals surface area contributed by atoms with Crippen LogP contribution in [0.4, 0.5) is 0 Å². The summed E-state index contributed by atoms with van der Waals surface area (Å²) >= 11 is 0. The van der Waals surface area contributed by atoms with E-state index in [2.05, 4.69) is 18.9 Å². The van der Waals surface area contributed by atoms with Gasteiger partial charge in [0.05, 0.1) is 12.7 Å². The van der Waals surface area contributed by atoms with E-state index >= 15 is 0 Å². The summed E-state index contributed by atoms with van der Waals surface area (Å²) in [4.78, 5) is 2.34. The second-order valence-electron chi connectivity index (χ2n) is 3.65. The van der Waals surface area contributed by atoms with Crippen molar-refractivity contribution in [1.29, 1.82) is 0 Å². The lowest BCUT2D eigenvalue weighted by atomic mass is 9.83. The Bertz CT molecular complexity index is 137. The molecule has 2 saturated heterocycles. The predicted octanol–water partition coefficient (Wildman–Crippen LogP) is 0.337. The monoisotopic (exact) mass is 127 g/mol. The van der Waals surface area contributed by atoms with Crippen LogP contribution in [-0.4, -0.2) is 37.7 Å². The Balaban J connectivity index is 2.12. The zero-order valence-corrected chi connectivity index (χ0v) is 6.05. The van der Waals surface area contributed by atoms with Crippen LogP contribution >= 0.6 is 0 Å². The number of nitrogens with zero attached hydrogens (tertiary/aromatic N) is 1. The van der Waals surface area contributed by atoms with Gasteiger partial charge in [0.2, 0.25) is 0 Å². The number of hydrogen-bond donors (Lipinski definition) is 0. The van der Waals surface area contributed by atoms with Crippen LogP contribution in [0.1, 0.15) is 6.92 Å². The van der Waals surface area contributed by atoms with Crippen molar-refractivity contribution < 1.29 is 4.74 Å². The number of likely N-dealkylation sites (N-methyl/N-ethyl adjacent to an activating group) is 1. The predicted molar refractivity (Wildman–Crippen MR) is 35.3 cm³/mol. The molecule has 2 heterocycles. The third-order valence-corrected chi connectivity index (χ3v) is 2.50. The van der Waals surface area contributed by atoms with Gasteiger partial charge in [-0.05, 0) is 7.05 Å². The molecule has 2 nitrogen and oxygen atoms in total. The minimum absolute atomic E-state index is 0.509. The normalized spacial score (nSPS) is 50.7. The van der Waals surface area contributed by atoms with Gasteiger partial charge >= 0.3 is 0 Å². The molecule has 0 aliphatic carbocycles. The van der Waals surface area contributed by atoms with Crippen molar-refractivity contribution in [2.75, 3.05) is 26.7 Å². The first kappa shape index (κ1) is 5.69. The molecule has 0 bridgehead atoms. The maximum atomic E-state index is 5.39. The highest BCUT2D eigenvalue weighted by atomic mass is 16.5. The minimum Gasteiger partial charge on any atom is -0.375 e. The van der Waals surface area contributed by atoms with Crippen LogP contribution in [0.15, 0.2) is 0 Å². The van der Waals surface area contributed by atoms with Crippen molar-refractivity contribution in [3.8, 4) is 0 Å². The van der Waals surface area contributed by atoms with E-state index in [9.17, 15) is 0 Å². The summed E-state index contributed by atoms with van der Waals surface area (Å²) < 4.78 is 5.39. The second-order valence-corrected chi connectivity index (χ2v) is 3.65. The SMILES string of the molecule is CN1C[C@@H]2OC[C@]2(C)C1. The van der Waals surface area contributed by atoms with E-state index in [1.54, 1.807) is 0 Å².